The summed E-state index contributed by atoms with van der Waals surface area (Å²) in [6.07, 6.45) is -0.391. The number of ether oxygens (including phenoxy) is 1. The molecule has 2 aliphatic rings. The molecule has 1 spiro atoms. The average molecular weight is 311 g/mol. The molecule has 0 saturated carbocycles. The van der Waals surface area contributed by atoms with E-state index < -0.39 is 17.2 Å². The topological polar surface area (TPSA) is 70.2 Å². The zero-order chi connectivity index (χ0) is 16.7. The van der Waals surface area contributed by atoms with Gasteiger partial charge in [0.1, 0.15) is 16.9 Å². The monoisotopic (exact) mass is 311 g/mol. The first kappa shape index (κ1) is 16.7. The zero-order valence-electron chi connectivity index (χ0n) is 14.0. The number of nitrogens with zero attached hydrogens (tertiary/aromatic N) is 3. The fourth-order valence-corrected chi connectivity index (χ4v) is 2.94. The van der Waals surface area contributed by atoms with Crippen LogP contribution in [0.2, 0.25) is 0 Å². The quantitative estimate of drug-likeness (QED) is 0.688. The van der Waals surface area contributed by atoms with Crippen molar-refractivity contribution in [3.05, 3.63) is 0 Å². The second-order valence-corrected chi connectivity index (χ2v) is 7.22. The number of rotatable bonds is 2. The van der Waals surface area contributed by atoms with Gasteiger partial charge < -0.3 is 14.5 Å². The van der Waals surface area contributed by atoms with Crippen LogP contribution in [-0.4, -0.2) is 83.4 Å². The Balaban J connectivity index is 2.05. The summed E-state index contributed by atoms with van der Waals surface area (Å²) in [7, 11) is 1.88. The number of amides is 2. The number of hydrogen-bond donors (Lipinski definition) is 0. The number of carbonyl (C=O) groups is 3. The first-order valence-electron chi connectivity index (χ1n) is 7.53. The summed E-state index contributed by atoms with van der Waals surface area (Å²) in [6, 6.07) is 0. The van der Waals surface area contributed by atoms with Gasteiger partial charge in [0.2, 0.25) is 5.91 Å². The molecule has 0 aromatic heterocycles. The Morgan fingerprint density at radius 1 is 1.23 bits per heavy atom. The Kier molecular flexibility index (Phi) is 4.21. The van der Waals surface area contributed by atoms with Gasteiger partial charge in [-0.1, -0.05) is 0 Å². The van der Waals surface area contributed by atoms with E-state index in [9.17, 15) is 14.4 Å². The van der Waals surface area contributed by atoms with E-state index in [0.717, 1.165) is 0 Å². The summed E-state index contributed by atoms with van der Waals surface area (Å²) in [4.78, 5) is 41.0. The highest BCUT2D eigenvalue weighted by Gasteiger charge is 2.58. The molecule has 0 aromatic carbocycles. The van der Waals surface area contributed by atoms with E-state index in [1.807, 2.05) is 32.7 Å². The van der Waals surface area contributed by atoms with Crippen molar-refractivity contribution in [3.8, 4) is 0 Å². The van der Waals surface area contributed by atoms with Crippen LogP contribution in [0.3, 0.4) is 0 Å². The Morgan fingerprint density at radius 2 is 1.86 bits per heavy atom. The molecule has 0 bridgehead atoms. The van der Waals surface area contributed by atoms with Gasteiger partial charge in [-0.05, 0) is 34.7 Å². The number of Topliss-reactive ketones (excluding diaryl/α,β-unsaturated/α-hetero) is 1. The number of ketones is 1. The number of β-lactam (4-membered cyclic amide) rings is 1. The van der Waals surface area contributed by atoms with Crippen molar-refractivity contribution in [3.63, 3.8) is 0 Å². The van der Waals surface area contributed by atoms with Crippen LogP contribution in [0.5, 0.6) is 0 Å². The molecule has 2 saturated heterocycles. The molecule has 22 heavy (non-hydrogen) atoms. The van der Waals surface area contributed by atoms with Crippen molar-refractivity contribution in [1.82, 2.24) is 14.7 Å². The molecule has 2 amide bonds. The molecule has 0 aromatic rings. The van der Waals surface area contributed by atoms with Crippen LogP contribution in [0.15, 0.2) is 0 Å². The number of likely N-dealkylation sites (N-methyl/N-ethyl adjacent to an activating group) is 1. The maximum absolute atomic E-state index is 12.5. The highest BCUT2D eigenvalue weighted by molar-refractivity contribution is 5.96. The van der Waals surface area contributed by atoms with Crippen LogP contribution in [0.4, 0.5) is 4.79 Å². The first-order chi connectivity index (χ1) is 10.0. The first-order valence-corrected chi connectivity index (χ1v) is 7.53. The Labute approximate surface area is 131 Å². The maximum Gasteiger partial charge on any atom is 0.410 e. The van der Waals surface area contributed by atoms with Crippen molar-refractivity contribution >= 4 is 17.8 Å². The van der Waals surface area contributed by atoms with Crippen molar-refractivity contribution in [2.24, 2.45) is 0 Å². The summed E-state index contributed by atoms with van der Waals surface area (Å²) >= 11 is 0. The zero-order valence-corrected chi connectivity index (χ0v) is 14.0. The van der Waals surface area contributed by atoms with Crippen LogP contribution >= 0.6 is 0 Å². The van der Waals surface area contributed by atoms with Crippen LogP contribution in [0.1, 0.15) is 27.7 Å². The van der Waals surface area contributed by atoms with Crippen LogP contribution in [0.25, 0.3) is 0 Å². The summed E-state index contributed by atoms with van der Waals surface area (Å²) in [5.74, 6) is -0.121. The molecular formula is C15H25N3O4. The fourth-order valence-electron chi connectivity index (χ4n) is 2.94. The predicted octanol–water partition coefficient (Wildman–Crippen LogP) is 0.339. The van der Waals surface area contributed by atoms with Crippen molar-refractivity contribution in [1.29, 1.82) is 0 Å². The van der Waals surface area contributed by atoms with Crippen LogP contribution in [-0.2, 0) is 14.3 Å². The molecule has 2 rings (SSSR count). The highest BCUT2D eigenvalue weighted by atomic mass is 16.6. The largest absolute Gasteiger partial charge is 0.444 e. The minimum absolute atomic E-state index is 0.0364. The van der Waals surface area contributed by atoms with Gasteiger partial charge in [-0.25, -0.2) is 4.79 Å². The smallest absolute Gasteiger partial charge is 0.410 e. The third-order valence-electron chi connectivity index (χ3n) is 4.09. The molecule has 0 radical (unpaired) electrons. The van der Waals surface area contributed by atoms with Gasteiger partial charge in [0.15, 0.2) is 0 Å². The SMILES string of the molecule is CC(=O)CN1CC2(CN(C(=O)OC(C)(C)C)CCN2C)C1=O. The number of carbonyl (C=O) groups excluding carboxylic acids is 3. The molecule has 7 heteroatoms. The van der Waals surface area contributed by atoms with Crippen molar-refractivity contribution in [2.75, 3.05) is 39.8 Å². The molecule has 2 fully saturated rings. The average Bonchev–Trinajstić information content (AvgIpc) is 2.37. The van der Waals surface area contributed by atoms with E-state index in [0.29, 0.717) is 26.2 Å². The standard InChI is InChI=1S/C15H25N3O4/c1-11(19)8-18-10-15(12(18)20)9-17(7-6-16(15)5)13(21)22-14(2,3)4/h6-10H2,1-5H3. The van der Waals surface area contributed by atoms with Crippen LogP contribution in [0, 0.1) is 0 Å². The lowest BCUT2D eigenvalue weighted by Crippen LogP contribution is -2.80. The predicted molar refractivity (Wildman–Crippen MR) is 80.4 cm³/mol. The molecule has 2 heterocycles. The summed E-state index contributed by atoms with van der Waals surface area (Å²) in [5, 5.41) is 0. The van der Waals surface area contributed by atoms with Gasteiger partial charge in [0, 0.05) is 13.1 Å². The molecule has 7 nitrogen and oxygen atoms in total. The Morgan fingerprint density at radius 3 is 2.36 bits per heavy atom. The van der Waals surface area contributed by atoms with Gasteiger partial charge in [-0.3, -0.25) is 14.5 Å². The van der Waals surface area contributed by atoms with Gasteiger partial charge >= 0.3 is 6.09 Å². The van der Waals surface area contributed by atoms with E-state index in [1.54, 1.807) is 4.90 Å². The Hall–Kier alpha value is -1.63. The second kappa shape index (κ2) is 5.53. The third-order valence-corrected chi connectivity index (χ3v) is 4.09. The Bertz CT molecular complexity index is 500. The van der Waals surface area contributed by atoms with Crippen molar-refractivity contribution in [2.45, 2.75) is 38.8 Å². The lowest BCUT2D eigenvalue weighted by molar-refractivity contribution is -0.170. The molecule has 124 valence electrons. The summed E-state index contributed by atoms with van der Waals surface area (Å²) < 4.78 is 5.39. The molecule has 0 aliphatic carbocycles. The lowest BCUT2D eigenvalue weighted by Gasteiger charge is -2.57. The minimum Gasteiger partial charge on any atom is -0.444 e. The van der Waals surface area contributed by atoms with E-state index in [4.69, 9.17) is 4.74 Å². The van der Waals surface area contributed by atoms with E-state index in [2.05, 4.69) is 0 Å². The van der Waals surface area contributed by atoms with Gasteiger partial charge in [-0.2, -0.15) is 0 Å². The molecule has 0 N–H and O–H groups in total. The number of hydrogen-bond acceptors (Lipinski definition) is 5. The number of likely N-dealkylation sites (tertiary alicyclic amines) is 1. The van der Waals surface area contributed by atoms with Gasteiger partial charge in [0.05, 0.1) is 19.6 Å². The molecule has 2 aliphatic heterocycles. The van der Waals surface area contributed by atoms with E-state index in [1.165, 1.54) is 11.8 Å². The molecule has 1 atom stereocenters. The fraction of sp³-hybridized carbons (Fsp3) is 0.800. The van der Waals surface area contributed by atoms with Gasteiger partial charge in [0.25, 0.3) is 0 Å². The van der Waals surface area contributed by atoms with Gasteiger partial charge in [-0.15, -0.1) is 0 Å². The summed E-state index contributed by atoms with van der Waals surface area (Å²) in [5.41, 5.74) is -1.26. The highest BCUT2D eigenvalue weighted by Crippen LogP contribution is 2.32. The van der Waals surface area contributed by atoms with E-state index >= 15 is 0 Å². The van der Waals surface area contributed by atoms with Crippen LogP contribution < -0.4 is 0 Å². The van der Waals surface area contributed by atoms with Crippen molar-refractivity contribution < 1.29 is 19.1 Å². The second-order valence-electron chi connectivity index (χ2n) is 7.22. The van der Waals surface area contributed by atoms with E-state index in [-0.39, 0.29) is 18.2 Å². The lowest BCUT2D eigenvalue weighted by atomic mass is 9.84. The normalized spacial score (nSPS) is 26.1. The summed E-state index contributed by atoms with van der Waals surface area (Å²) in [6.45, 7) is 9.00. The maximum atomic E-state index is 12.5. The number of piperazine rings is 1. The molecule has 1 unspecified atom stereocenters. The third kappa shape index (κ3) is 3.09. The molecular weight excluding hydrogens is 286 g/mol. The minimum atomic E-state index is -0.704.